The third kappa shape index (κ3) is 5.25. The quantitative estimate of drug-likeness (QED) is 0.169. The van der Waals surface area contributed by atoms with E-state index in [1.807, 2.05) is 23.5 Å². The first-order chi connectivity index (χ1) is 28.8. The Hall–Kier alpha value is -6.88. The molecule has 4 heteroatoms. The fourth-order valence-electron chi connectivity index (χ4n) is 9.35. The molecule has 10 aromatic rings. The Kier molecular flexibility index (Phi) is 7.67. The van der Waals surface area contributed by atoms with Gasteiger partial charge < -0.3 is 13.7 Å². The van der Waals surface area contributed by atoms with E-state index in [2.05, 4.69) is 175 Å². The topological polar surface area (TPSA) is 29.5 Å². The molecule has 12 rings (SSSR count). The van der Waals surface area contributed by atoms with Crippen LogP contribution in [0.25, 0.3) is 86.3 Å². The van der Waals surface area contributed by atoms with Crippen LogP contribution in [0.15, 0.2) is 202 Å². The van der Waals surface area contributed by atoms with Crippen molar-refractivity contribution in [3.8, 4) is 22.3 Å². The van der Waals surface area contributed by atoms with Gasteiger partial charge in [-0.05, 0) is 72.9 Å². The first-order valence-electron chi connectivity index (χ1n) is 20.2. The number of hydrogen-bond acceptors (Lipinski definition) is 4. The molecule has 0 fully saturated rings. The molecular formula is C54H37NO2S. The fraction of sp³-hybridized carbons (Fsp3) is 0.0741. The maximum Gasteiger partial charge on any atom is 0.144 e. The van der Waals surface area contributed by atoms with Gasteiger partial charge in [0.25, 0.3) is 0 Å². The number of allylic oxidation sites excluding steroid dienone is 7. The van der Waals surface area contributed by atoms with E-state index in [1.54, 1.807) is 0 Å². The van der Waals surface area contributed by atoms with Crippen molar-refractivity contribution < 1.29 is 8.83 Å². The maximum absolute atomic E-state index is 7.05. The van der Waals surface area contributed by atoms with Gasteiger partial charge in [-0.2, -0.15) is 0 Å². The lowest BCUT2D eigenvalue weighted by Crippen LogP contribution is -2.18. The molecule has 0 N–H and O–H groups in total. The Balaban J connectivity index is 1.00. The molecule has 2 aliphatic carbocycles. The van der Waals surface area contributed by atoms with Gasteiger partial charge in [0, 0.05) is 65.4 Å². The summed E-state index contributed by atoms with van der Waals surface area (Å²) in [5.74, 6) is 0.437. The summed E-state index contributed by atoms with van der Waals surface area (Å²) in [6.45, 7) is 0. The van der Waals surface area contributed by atoms with Crippen LogP contribution in [0.1, 0.15) is 19.3 Å². The third-order valence-electron chi connectivity index (χ3n) is 12.1. The molecule has 0 saturated carbocycles. The van der Waals surface area contributed by atoms with Crippen LogP contribution in [0.4, 0.5) is 11.4 Å². The summed E-state index contributed by atoms with van der Waals surface area (Å²) in [7, 11) is 0. The van der Waals surface area contributed by atoms with Crippen molar-refractivity contribution in [3.63, 3.8) is 0 Å². The van der Waals surface area contributed by atoms with Crippen molar-refractivity contribution in [2.24, 2.45) is 5.92 Å². The lowest BCUT2D eigenvalue weighted by molar-refractivity contribution is 0.665. The molecule has 7 aromatic carbocycles. The highest BCUT2D eigenvalue weighted by Crippen LogP contribution is 2.48. The summed E-state index contributed by atoms with van der Waals surface area (Å²) >= 11 is 1.87. The SMILES string of the molecule is C1=CCCC(C2C=CC(N(c3ccc(-c4cccc5c4oc4c(-c6ccccc6)c6c(cc45)oc4ccccc46)cc3)c3cccc4c3sc3ccccc34)=CC2)=C1. The molecule has 276 valence electrons. The number of thiophene rings is 1. The fourth-order valence-corrected chi connectivity index (χ4v) is 10.6. The lowest BCUT2D eigenvalue weighted by Gasteiger charge is -2.30. The van der Waals surface area contributed by atoms with Crippen LogP contribution >= 0.6 is 11.3 Å². The van der Waals surface area contributed by atoms with Crippen LogP contribution in [0.3, 0.4) is 0 Å². The third-order valence-corrected chi connectivity index (χ3v) is 13.3. The molecule has 0 saturated heterocycles. The first kappa shape index (κ1) is 33.3. The van der Waals surface area contributed by atoms with E-state index in [0.717, 1.165) is 91.1 Å². The largest absolute Gasteiger partial charge is 0.456 e. The van der Waals surface area contributed by atoms with Gasteiger partial charge >= 0.3 is 0 Å². The summed E-state index contributed by atoms with van der Waals surface area (Å²) < 4.78 is 16.2. The minimum atomic E-state index is 0.437. The van der Waals surface area contributed by atoms with Crippen LogP contribution in [-0.4, -0.2) is 0 Å². The molecule has 58 heavy (non-hydrogen) atoms. The van der Waals surface area contributed by atoms with E-state index in [1.165, 1.54) is 37.1 Å². The molecule has 0 radical (unpaired) electrons. The molecule has 0 spiro atoms. The molecular weight excluding hydrogens is 727 g/mol. The van der Waals surface area contributed by atoms with Gasteiger partial charge in [0.05, 0.1) is 10.4 Å². The Labute approximate surface area is 339 Å². The molecule has 2 aliphatic rings. The smallest absolute Gasteiger partial charge is 0.144 e. The second-order valence-corrected chi connectivity index (χ2v) is 16.5. The highest BCUT2D eigenvalue weighted by Gasteiger charge is 2.24. The van der Waals surface area contributed by atoms with Gasteiger partial charge in [0.1, 0.15) is 22.3 Å². The van der Waals surface area contributed by atoms with Gasteiger partial charge in [-0.3, -0.25) is 0 Å². The van der Waals surface area contributed by atoms with Crippen molar-refractivity contribution in [2.45, 2.75) is 19.3 Å². The normalized spacial score (nSPS) is 15.6. The number of furan rings is 2. The van der Waals surface area contributed by atoms with Gasteiger partial charge in [-0.15, -0.1) is 11.3 Å². The van der Waals surface area contributed by atoms with Gasteiger partial charge in [-0.1, -0.05) is 145 Å². The number of fused-ring (bicyclic) bond motifs is 9. The molecule has 1 atom stereocenters. The van der Waals surface area contributed by atoms with Crippen molar-refractivity contribution >= 4 is 86.8 Å². The Morgan fingerprint density at radius 1 is 0.621 bits per heavy atom. The van der Waals surface area contributed by atoms with E-state index in [-0.39, 0.29) is 0 Å². The Morgan fingerprint density at radius 3 is 2.26 bits per heavy atom. The average molecular weight is 764 g/mol. The number of nitrogens with zero attached hydrogens (tertiary/aromatic N) is 1. The number of benzene rings is 7. The van der Waals surface area contributed by atoms with Crippen molar-refractivity contribution in [2.75, 3.05) is 4.90 Å². The summed E-state index contributed by atoms with van der Waals surface area (Å²) in [5, 5.41) is 6.90. The number of rotatable bonds is 6. The number of anilines is 2. The van der Waals surface area contributed by atoms with Crippen LogP contribution < -0.4 is 4.90 Å². The highest BCUT2D eigenvalue weighted by molar-refractivity contribution is 7.26. The minimum Gasteiger partial charge on any atom is -0.456 e. The summed E-state index contributed by atoms with van der Waals surface area (Å²) in [6, 6.07) is 52.1. The van der Waals surface area contributed by atoms with E-state index >= 15 is 0 Å². The monoisotopic (exact) mass is 763 g/mol. The lowest BCUT2D eigenvalue weighted by atomic mass is 9.86. The zero-order chi connectivity index (χ0) is 38.2. The minimum absolute atomic E-state index is 0.437. The van der Waals surface area contributed by atoms with E-state index in [9.17, 15) is 0 Å². The van der Waals surface area contributed by atoms with Gasteiger partial charge in [0.2, 0.25) is 0 Å². The van der Waals surface area contributed by atoms with E-state index in [0.29, 0.717) is 5.92 Å². The van der Waals surface area contributed by atoms with E-state index < -0.39 is 0 Å². The molecule has 3 heterocycles. The van der Waals surface area contributed by atoms with Gasteiger partial charge in [-0.25, -0.2) is 0 Å². The average Bonchev–Trinajstić information content (AvgIpc) is 3.98. The predicted octanol–water partition coefficient (Wildman–Crippen LogP) is 16.1. The summed E-state index contributed by atoms with van der Waals surface area (Å²) in [5.41, 5.74) is 12.9. The molecule has 1 unspecified atom stereocenters. The second-order valence-electron chi connectivity index (χ2n) is 15.4. The zero-order valence-electron chi connectivity index (χ0n) is 31.7. The maximum atomic E-state index is 7.05. The predicted molar refractivity (Wildman–Crippen MR) is 245 cm³/mol. The van der Waals surface area contributed by atoms with Crippen molar-refractivity contribution in [1.82, 2.24) is 0 Å². The van der Waals surface area contributed by atoms with Crippen LogP contribution in [0.5, 0.6) is 0 Å². The summed E-state index contributed by atoms with van der Waals surface area (Å²) in [6.07, 6.45) is 17.2. The molecule has 3 aromatic heterocycles. The molecule has 3 nitrogen and oxygen atoms in total. The zero-order valence-corrected chi connectivity index (χ0v) is 32.5. The Bertz CT molecular complexity index is 3370. The first-order valence-corrected chi connectivity index (χ1v) is 21.0. The standard InChI is InChI=1S/C54H37NO2S/c1-3-13-34(14-4-1)35-25-29-38(30-26-35)55(46-22-12-21-43-41-17-8-10-24-49(41)58-54(43)46)39-31-27-36(28-32-39)40-19-11-20-42-45-33-48-51(44-18-7-9-23-47(44)56-48)50(53(45)57-52(40)42)37-15-5-2-6-16-37/h1-3,5-13,15-25,27-33,35H,4,14,26H2. The van der Waals surface area contributed by atoms with Gasteiger partial charge in [0.15, 0.2) is 0 Å². The van der Waals surface area contributed by atoms with Crippen molar-refractivity contribution in [1.29, 1.82) is 0 Å². The molecule has 0 amide bonds. The van der Waals surface area contributed by atoms with E-state index in [4.69, 9.17) is 8.83 Å². The van der Waals surface area contributed by atoms with Crippen molar-refractivity contribution in [3.05, 3.63) is 193 Å². The Morgan fingerprint density at radius 2 is 1.41 bits per heavy atom. The van der Waals surface area contributed by atoms with Crippen LogP contribution in [0, 0.1) is 5.92 Å². The molecule has 0 bridgehead atoms. The highest BCUT2D eigenvalue weighted by atomic mass is 32.1. The second kappa shape index (κ2) is 13.4. The number of para-hydroxylation sites is 2. The number of hydrogen-bond donors (Lipinski definition) is 0. The van der Waals surface area contributed by atoms with Crippen LogP contribution in [-0.2, 0) is 0 Å². The van der Waals surface area contributed by atoms with Crippen LogP contribution in [0.2, 0.25) is 0 Å². The molecule has 0 aliphatic heterocycles. The summed E-state index contributed by atoms with van der Waals surface area (Å²) in [4.78, 5) is 2.46.